The first kappa shape index (κ1) is 24.3. The standard InChI is InChI=1S/C23H24N4O8/c1-7-8-4-5-9(26-6-24)16(28)11(8)17(29)12-10(7)18(30)14-15(27(2)3)19(31)13(22(25)34)21(33)23(14,35)20(12)32/h4-5,7,10,14-15,18,24,28-30,33,35H,1-3H3,(H2,25,34)/t7-,10+,14+,15-,18-,23-/m0/s1. The number of carbonyl (C=O) groups excluding carboxylic acids is 3. The van der Waals surface area contributed by atoms with Gasteiger partial charge in [0.2, 0.25) is 5.78 Å². The van der Waals surface area contributed by atoms with Crippen LogP contribution in [0.2, 0.25) is 0 Å². The summed E-state index contributed by atoms with van der Waals surface area (Å²) in [6.45, 7) is 1.62. The van der Waals surface area contributed by atoms with Crippen LogP contribution in [0.3, 0.4) is 0 Å². The van der Waals surface area contributed by atoms with Crippen LogP contribution < -0.4 is 5.73 Å². The summed E-state index contributed by atoms with van der Waals surface area (Å²) in [5, 5.41) is 62.7. The second-order valence-corrected chi connectivity index (χ2v) is 9.17. The lowest BCUT2D eigenvalue weighted by Gasteiger charge is -2.53. The number of phenolic OH excluding ortho intramolecular Hbond substituents is 1. The Kier molecular flexibility index (Phi) is 5.45. The topological polar surface area (TPSA) is 218 Å². The molecule has 0 bridgehead atoms. The van der Waals surface area contributed by atoms with Gasteiger partial charge in [-0.3, -0.25) is 19.3 Å². The smallest absolute Gasteiger partial charge is 0.255 e. The van der Waals surface area contributed by atoms with Crippen LogP contribution in [0, 0.1) is 17.2 Å². The number of nitrogens with one attached hydrogen (secondary N) is 1. The lowest BCUT2D eigenvalue weighted by molar-refractivity contribution is -0.169. The van der Waals surface area contributed by atoms with Crippen molar-refractivity contribution in [3.8, 4) is 5.75 Å². The van der Waals surface area contributed by atoms with E-state index in [9.17, 15) is 39.9 Å². The van der Waals surface area contributed by atoms with Gasteiger partial charge in [-0.1, -0.05) is 13.0 Å². The lowest BCUT2D eigenvalue weighted by atomic mass is 9.54. The predicted molar refractivity (Wildman–Crippen MR) is 120 cm³/mol. The van der Waals surface area contributed by atoms with E-state index in [2.05, 4.69) is 4.99 Å². The van der Waals surface area contributed by atoms with Gasteiger partial charge < -0.3 is 31.3 Å². The number of ketones is 2. The highest BCUT2D eigenvalue weighted by molar-refractivity contribution is 6.24. The van der Waals surface area contributed by atoms with Gasteiger partial charge in [0.15, 0.2) is 17.1 Å². The van der Waals surface area contributed by atoms with Gasteiger partial charge in [0, 0.05) is 11.5 Å². The van der Waals surface area contributed by atoms with Gasteiger partial charge in [-0.15, -0.1) is 0 Å². The monoisotopic (exact) mass is 484 g/mol. The number of Topliss-reactive ketones (excluding diaryl/α,β-unsaturated/α-hetero) is 2. The van der Waals surface area contributed by atoms with Crippen molar-refractivity contribution in [1.29, 1.82) is 5.41 Å². The molecule has 3 aliphatic carbocycles. The number of aliphatic imine (C=N–C) groups is 1. The zero-order valence-corrected chi connectivity index (χ0v) is 19.0. The molecule has 1 aromatic rings. The van der Waals surface area contributed by atoms with Gasteiger partial charge in [0.25, 0.3) is 5.91 Å². The Balaban J connectivity index is 2.07. The largest absolute Gasteiger partial charge is 0.508 e. The summed E-state index contributed by atoms with van der Waals surface area (Å²) in [4.78, 5) is 43.8. The van der Waals surface area contributed by atoms with Crippen molar-refractivity contribution < 1.29 is 39.9 Å². The maximum atomic E-state index is 13.8. The fraction of sp³-hybridized carbons (Fsp3) is 0.391. The van der Waals surface area contributed by atoms with Crippen molar-refractivity contribution in [2.45, 2.75) is 30.6 Å². The number of rotatable bonds is 3. The Morgan fingerprint density at radius 2 is 1.86 bits per heavy atom. The minimum absolute atomic E-state index is 0.119. The van der Waals surface area contributed by atoms with Crippen LogP contribution in [0.15, 0.2) is 34.0 Å². The number of amides is 1. The molecule has 1 aromatic carbocycles. The van der Waals surface area contributed by atoms with Crippen LogP contribution >= 0.6 is 0 Å². The van der Waals surface area contributed by atoms with Crippen LogP contribution in [0.5, 0.6) is 5.75 Å². The summed E-state index contributed by atoms with van der Waals surface area (Å²) in [5.41, 5.74) is 0.862. The Hall–Kier alpha value is -3.83. The van der Waals surface area contributed by atoms with Crippen LogP contribution in [-0.2, 0) is 14.4 Å². The van der Waals surface area contributed by atoms with Crippen molar-refractivity contribution in [1.82, 2.24) is 4.90 Å². The fourth-order valence-electron chi connectivity index (χ4n) is 5.76. The normalized spacial score (nSPS) is 32.1. The molecule has 35 heavy (non-hydrogen) atoms. The number of carbonyl (C=O) groups is 3. The van der Waals surface area contributed by atoms with E-state index in [1.54, 1.807) is 12.9 Å². The Morgan fingerprint density at radius 1 is 1.23 bits per heavy atom. The van der Waals surface area contributed by atoms with Gasteiger partial charge >= 0.3 is 0 Å². The summed E-state index contributed by atoms with van der Waals surface area (Å²) in [6.07, 6.45) is -1.66. The first-order chi connectivity index (χ1) is 16.3. The minimum Gasteiger partial charge on any atom is -0.508 e. The van der Waals surface area contributed by atoms with Gasteiger partial charge in [0.05, 0.1) is 29.6 Å². The molecule has 6 atom stereocenters. The molecule has 0 heterocycles. The molecule has 1 amide bonds. The van der Waals surface area contributed by atoms with Gasteiger partial charge in [-0.2, -0.15) is 4.99 Å². The highest BCUT2D eigenvalue weighted by Crippen LogP contribution is 2.56. The Bertz CT molecular complexity index is 1310. The Morgan fingerprint density at radius 3 is 2.40 bits per heavy atom. The summed E-state index contributed by atoms with van der Waals surface area (Å²) in [7, 11) is 2.87. The third-order valence-electron chi connectivity index (χ3n) is 7.28. The van der Waals surface area contributed by atoms with Crippen molar-refractivity contribution >= 4 is 34.9 Å². The van der Waals surface area contributed by atoms with Gasteiger partial charge in [0.1, 0.15) is 22.8 Å². The molecule has 0 saturated heterocycles. The molecule has 3 aliphatic rings. The number of benzene rings is 1. The first-order valence-corrected chi connectivity index (χ1v) is 10.6. The number of aliphatic hydroxyl groups excluding tert-OH is 3. The molecule has 0 unspecified atom stereocenters. The molecule has 1 fully saturated rings. The number of likely N-dealkylation sites (N-methyl/N-ethyl adjacent to an activating group) is 1. The van der Waals surface area contributed by atoms with Crippen LogP contribution in [0.25, 0.3) is 5.76 Å². The van der Waals surface area contributed by atoms with E-state index in [1.165, 1.54) is 31.1 Å². The highest BCUT2D eigenvalue weighted by Gasteiger charge is 2.68. The average Bonchev–Trinajstić information content (AvgIpc) is 2.77. The van der Waals surface area contributed by atoms with Crippen LogP contribution in [-0.4, -0.2) is 85.8 Å². The van der Waals surface area contributed by atoms with Crippen LogP contribution in [0.4, 0.5) is 5.69 Å². The maximum absolute atomic E-state index is 13.8. The highest BCUT2D eigenvalue weighted by atomic mass is 16.4. The minimum atomic E-state index is -2.97. The fourth-order valence-corrected chi connectivity index (χ4v) is 5.76. The van der Waals surface area contributed by atoms with E-state index in [0.29, 0.717) is 5.56 Å². The zero-order valence-electron chi connectivity index (χ0n) is 19.0. The third kappa shape index (κ3) is 2.94. The molecule has 0 radical (unpaired) electrons. The lowest BCUT2D eigenvalue weighted by Crippen LogP contribution is -2.70. The number of aromatic hydroxyl groups is 1. The molecule has 8 N–H and O–H groups in total. The number of nitrogens with two attached hydrogens (primary N) is 1. The van der Waals surface area contributed by atoms with Crippen LogP contribution in [0.1, 0.15) is 24.0 Å². The van der Waals surface area contributed by atoms with E-state index in [-0.39, 0.29) is 11.3 Å². The number of phenols is 1. The SMILES string of the molecule is C[C@H]1c2ccc(N=C=N)c(O)c2C(O)=C2C(=O)[C@]3(O)C(O)=C(C(N)=O)C(=O)[C@@H](N(C)C)[C@@H]3[C@@H](O)[C@@H]21. The molecule has 12 heteroatoms. The summed E-state index contributed by atoms with van der Waals surface area (Å²) >= 11 is 0. The van der Waals surface area contributed by atoms with Gasteiger partial charge in [-0.05, 0) is 31.6 Å². The number of nitrogens with zero attached hydrogens (tertiary/aromatic N) is 2. The predicted octanol–water partition coefficient (Wildman–Crippen LogP) is -0.120. The molecule has 184 valence electrons. The van der Waals surface area contributed by atoms with Crippen molar-refractivity contribution in [3.05, 3.63) is 40.2 Å². The number of aliphatic hydroxyl groups is 4. The molecular formula is C23H24N4O8. The van der Waals surface area contributed by atoms with E-state index in [4.69, 9.17) is 11.1 Å². The third-order valence-corrected chi connectivity index (χ3v) is 7.28. The number of hydrogen-bond donors (Lipinski definition) is 7. The molecule has 0 aliphatic heterocycles. The second-order valence-electron chi connectivity index (χ2n) is 9.17. The molecule has 1 saturated carbocycles. The second kappa shape index (κ2) is 7.85. The van der Waals surface area contributed by atoms with Crippen molar-refractivity contribution in [2.24, 2.45) is 22.6 Å². The number of primary amides is 1. The first-order valence-electron chi connectivity index (χ1n) is 10.6. The summed E-state index contributed by atoms with van der Waals surface area (Å²) < 4.78 is 0. The van der Waals surface area contributed by atoms with E-state index < -0.39 is 81.4 Å². The molecule has 4 rings (SSSR count). The summed E-state index contributed by atoms with van der Waals surface area (Å²) in [6, 6.07) is 3.23. The molecule has 0 spiro atoms. The van der Waals surface area contributed by atoms with Crippen molar-refractivity contribution in [3.63, 3.8) is 0 Å². The average molecular weight is 484 g/mol. The molecular weight excluding hydrogens is 460 g/mol. The van der Waals surface area contributed by atoms with Gasteiger partial charge in [-0.25, -0.2) is 5.41 Å². The maximum Gasteiger partial charge on any atom is 0.255 e. The van der Waals surface area contributed by atoms with E-state index in [0.717, 1.165) is 0 Å². The number of fused-ring (bicyclic) bond motifs is 3. The quantitative estimate of drug-likeness (QED) is 0.224. The Labute approximate surface area is 198 Å². The van der Waals surface area contributed by atoms with E-state index >= 15 is 0 Å². The molecule has 0 aromatic heterocycles. The molecule has 12 nitrogen and oxygen atoms in total. The number of hydrogen-bond acceptors (Lipinski definition) is 11. The van der Waals surface area contributed by atoms with E-state index in [1.807, 2.05) is 0 Å². The summed E-state index contributed by atoms with van der Waals surface area (Å²) in [5.74, 6) is -9.69. The van der Waals surface area contributed by atoms with Crippen molar-refractivity contribution in [2.75, 3.05) is 14.1 Å². The zero-order chi connectivity index (χ0) is 26.1.